The van der Waals surface area contributed by atoms with Crippen LogP contribution in [0, 0.1) is 15.5 Å². The average molecular weight is 247 g/mol. The summed E-state index contributed by atoms with van der Waals surface area (Å²) < 4.78 is 4.88. The van der Waals surface area contributed by atoms with E-state index in [0.29, 0.717) is 13.0 Å². The van der Waals surface area contributed by atoms with Crippen molar-refractivity contribution in [3.8, 4) is 0 Å². The second kappa shape index (κ2) is 6.08. The van der Waals surface area contributed by atoms with Crippen LogP contribution in [0.4, 0.5) is 0 Å². The summed E-state index contributed by atoms with van der Waals surface area (Å²) in [5, 5.41) is 10.7. The number of esters is 1. The first-order chi connectivity index (χ1) is 7.54. The minimum absolute atomic E-state index is 0.00513. The molecule has 0 aromatic rings. The molecule has 0 aliphatic carbocycles. The van der Waals surface area contributed by atoms with Crippen molar-refractivity contribution in [3.63, 3.8) is 0 Å². The molecule has 0 spiro atoms. The van der Waals surface area contributed by atoms with Crippen LogP contribution in [0.25, 0.3) is 0 Å². The highest BCUT2D eigenvalue weighted by Crippen LogP contribution is 2.38. The Hall–Kier alpha value is -0.780. The van der Waals surface area contributed by atoms with Crippen molar-refractivity contribution >= 4 is 17.7 Å². The standard InChI is InChI=1S/C10H17NO4S/c1-9(12)15-5-2-10(8-11(13)14)3-6-16-7-4-10/h2-8H2,1H3. The fourth-order valence-electron chi connectivity index (χ4n) is 1.98. The number of rotatable bonds is 5. The SMILES string of the molecule is CC(=O)OCCC1(C[N+](=O)[O-])CCSCC1. The molecule has 92 valence electrons. The van der Waals surface area contributed by atoms with Gasteiger partial charge in [-0.3, -0.25) is 14.9 Å². The summed E-state index contributed by atoms with van der Waals surface area (Å²) in [6, 6.07) is 0. The largest absolute Gasteiger partial charge is 0.466 e. The van der Waals surface area contributed by atoms with Crippen LogP contribution in [0.3, 0.4) is 0 Å². The van der Waals surface area contributed by atoms with Crippen LogP contribution in [-0.2, 0) is 9.53 Å². The van der Waals surface area contributed by atoms with E-state index >= 15 is 0 Å². The van der Waals surface area contributed by atoms with Crippen molar-refractivity contribution in [2.24, 2.45) is 5.41 Å². The Morgan fingerprint density at radius 3 is 2.62 bits per heavy atom. The lowest BCUT2D eigenvalue weighted by Gasteiger charge is -2.33. The molecule has 1 aliphatic rings. The van der Waals surface area contributed by atoms with E-state index < -0.39 is 0 Å². The van der Waals surface area contributed by atoms with E-state index in [9.17, 15) is 14.9 Å². The van der Waals surface area contributed by atoms with Gasteiger partial charge in [0.05, 0.1) is 6.61 Å². The highest BCUT2D eigenvalue weighted by atomic mass is 32.2. The molecule has 1 saturated heterocycles. The number of ether oxygens (including phenoxy) is 1. The van der Waals surface area contributed by atoms with Gasteiger partial charge < -0.3 is 4.74 Å². The van der Waals surface area contributed by atoms with Gasteiger partial charge in [0, 0.05) is 17.3 Å². The van der Waals surface area contributed by atoms with E-state index in [4.69, 9.17) is 4.74 Å². The van der Waals surface area contributed by atoms with Crippen molar-refractivity contribution in [2.45, 2.75) is 26.2 Å². The lowest BCUT2D eigenvalue weighted by atomic mass is 9.79. The Morgan fingerprint density at radius 1 is 1.50 bits per heavy atom. The summed E-state index contributed by atoms with van der Waals surface area (Å²) in [5.74, 6) is 1.61. The van der Waals surface area contributed by atoms with Crippen molar-refractivity contribution < 1.29 is 14.5 Å². The Morgan fingerprint density at radius 2 is 2.12 bits per heavy atom. The number of nitrogens with zero attached hydrogens (tertiary/aromatic N) is 1. The summed E-state index contributed by atoms with van der Waals surface area (Å²) in [4.78, 5) is 21.1. The molecular weight excluding hydrogens is 230 g/mol. The Bertz CT molecular complexity index is 264. The summed E-state index contributed by atoms with van der Waals surface area (Å²) in [6.07, 6.45) is 2.30. The Balaban J connectivity index is 2.48. The summed E-state index contributed by atoms with van der Waals surface area (Å²) >= 11 is 1.83. The predicted octanol–water partition coefficient (Wildman–Crippen LogP) is 1.73. The Kier molecular flexibility index (Phi) is 5.05. The van der Waals surface area contributed by atoms with Crippen LogP contribution in [0.5, 0.6) is 0 Å². The predicted molar refractivity (Wildman–Crippen MR) is 62.1 cm³/mol. The van der Waals surface area contributed by atoms with E-state index in [2.05, 4.69) is 0 Å². The maximum absolute atomic E-state index is 10.7. The molecule has 0 radical (unpaired) electrons. The number of thioether (sulfide) groups is 1. The summed E-state index contributed by atoms with van der Waals surface area (Å²) in [6.45, 7) is 1.65. The van der Waals surface area contributed by atoms with Gasteiger partial charge in [-0.25, -0.2) is 0 Å². The molecule has 6 heteroatoms. The molecule has 1 fully saturated rings. The monoisotopic (exact) mass is 247 g/mol. The third-order valence-corrected chi connectivity index (χ3v) is 3.94. The van der Waals surface area contributed by atoms with Crippen molar-refractivity contribution in [2.75, 3.05) is 24.7 Å². The smallest absolute Gasteiger partial charge is 0.302 e. The van der Waals surface area contributed by atoms with Crippen molar-refractivity contribution in [3.05, 3.63) is 10.1 Å². The molecule has 0 aromatic heterocycles. The molecule has 0 unspecified atom stereocenters. The highest BCUT2D eigenvalue weighted by molar-refractivity contribution is 7.99. The zero-order valence-electron chi connectivity index (χ0n) is 9.44. The minimum atomic E-state index is -0.318. The molecule has 0 bridgehead atoms. The van der Waals surface area contributed by atoms with Crippen LogP contribution in [-0.4, -0.2) is 35.5 Å². The van der Waals surface area contributed by atoms with Gasteiger partial charge in [-0.05, 0) is 30.8 Å². The number of hydrogen-bond acceptors (Lipinski definition) is 5. The van der Waals surface area contributed by atoms with E-state index in [0.717, 1.165) is 24.3 Å². The normalized spacial score (nSPS) is 19.1. The second-order valence-corrected chi connectivity index (χ2v) is 5.42. The molecule has 0 atom stereocenters. The van der Waals surface area contributed by atoms with Gasteiger partial charge in [0.2, 0.25) is 6.54 Å². The lowest BCUT2D eigenvalue weighted by Crippen LogP contribution is -2.35. The van der Waals surface area contributed by atoms with Gasteiger partial charge in [0.15, 0.2) is 0 Å². The second-order valence-electron chi connectivity index (χ2n) is 4.19. The van der Waals surface area contributed by atoms with Crippen LogP contribution >= 0.6 is 11.8 Å². The molecule has 0 aromatic carbocycles. The number of nitro groups is 1. The molecule has 1 heterocycles. The number of carbonyl (C=O) groups is 1. The first-order valence-electron chi connectivity index (χ1n) is 5.37. The van der Waals surface area contributed by atoms with Crippen LogP contribution < -0.4 is 0 Å². The van der Waals surface area contributed by atoms with E-state index in [1.54, 1.807) is 0 Å². The fourth-order valence-corrected chi connectivity index (χ4v) is 3.34. The van der Waals surface area contributed by atoms with Gasteiger partial charge in [-0.1, -0.05) is 0 Å². The fraction of sp³-hybridized carbons (Fsp3) is 0.900. The molecule has 1 rings (SSSR count). The molecule has 1 aliphatic heterocycles. The van der Waals surface area contributed by atoms with Gasteiger partial charge in [0.25, 0.3) is 0 Å². The molecule has 16 heavy (non-hydrogen) atoms. The maximum Gasteiger partial charge on any atom is 0.302 e. The Labute approximate surface area is 99.1 Å². The van der Waals surface area contributed by atoms with Gasteiger partial charge in [0.1, 0.15) is 0 Å². The van der Waals surface area contributed by atoms with Gasteiger partial charge in [-0.15, -0.1) is 0 Å². The first-order valence-corrected chi connectivity index (χ1v) is 6.52. The minimum Gasteiger partial charge on any atom is -0.466 e. The third-order valence-electron chi connectivity index (χ3n) is 2.96. The molecular formula is C10H17NO4S. The average Bonchev–Trinajstić information content (AvgIpc) is 2.17. The zero-order chi connectivity index (χ0) is 12.0. The zero-order valence-corrected chi connectivity index (χ0v) is 10.3. The first kappa shape index (κ1) is 13.3. The maximum atomic E-state index is 10.7. The van der Waals surface area contributed by atoms with Crippen molar-refractivity contribution in [1.82, 2.24) is 0 Å². The highest BCUT2D eigenvalue weighted by Gasteiger charge is 2.37. The topological polar surface area (TPSA) is 69.4 Å². The van der Waals surface area contributed by atoms with Crippen LogP contribution in [0.1, 0.15) is 26.2 Å². The lowest BCUT2D eigenvalue weighted by molar-refractivity contribution is -0.498. The van der Waals surface area contributed by atoms with E-state index in [1.165, 1.54) is 6.92 Å². The molecule has 0 saturated carbocycles. The van der Waals surface area contributed by atoms with E-state index in [1.807, 2.05) is 11.8 Å². The molecule has 5 nitrogen and oxygen atoms in total. The number of hydrogen-bond donors (Lipinski definition) is 0. The quantitative estimate of drug-likeness (QED) is 0.420. The molecule has 0 N–H and O–H groups in total. The molecule has 0 amide bonds. The number of carbonyl (C=O) groups excluding carboxylic acids is 1. The van der Waals surface area contributed by atoms with Crippen LogP contribution in [0.2, 0.25) is 0 Å². The van der Waals surface area contributed by atoms with Gasteiger partial charge >= 0.3 is 5.97 Å². The van der Waals surface area contributed by atoms with Crippen LogP contribution in [0.15, 0.2) is 0 Å². The summed E-state index contributed by atoms with van der Waals surface area (Å²) in [7, 11) is 0. The third kappa shape index (κ3) is 4.38. The summed E-state index contributed by atoms with van der Waals surface area (Å²) in [5.41, 5.74) is -0.260. The van der Waals surface area contributed by atoms with E-state index in [-0.39, 0.29) is 22.9 Å². The van der Waals surface area contributed by atoms with Gasteiger partial charge in [-0.2, -0.15) is 11.8 Å². The van der Waals surface area contributed by atoms with Crippen molar-refractivity contribution in [1.29, 1.82) is 0 Å².